The lowest BCUT2D eigenvalue weighted by atomic mass is 10.1. The molecule has 15 heavy (non-hydrogen) atoms. The average Bonchev–Trinajstić information content (AvgIpc) is 2.76. The standard InChI is InChI=1S/C11H10O4/c1-2-14-11(13)7-3-9-8(5-12)6-15-10(9)4-7/h4-6H,2-3H2,1H3. The first-order chi connectivity index (χ1) is 7.26. The Hall–Kier alpha value is -1.84. The van der Waals surface area contributed by atoms with E-state index >= 15 is 0 Å². The second-order valence-electron chi connectivity index (χ2n) is 3.22. The zero-order valence-corrected chi connectivity index (χ0v) is 8.28. The first-order valence-corrected chi connectivity index (χ1v) is 4.69. The largest absolute Gasteiger partial charge is 0.464 e. The Bertz CT molecular complexity index is 439. The van der Waals surface area contributed by atoms with Crippen LogP contribution in [0.3, 0.4) is 0 Å². The molecule has 0 atom stereocenters. The average molecular weight is 206 g/mol. The number of hydrogen-bond donors (Lipinski definition) is 0. The first-order valence-electron chi connectivity index (χ1n) is 4.69. The number of carbonyl (C=O) groups excluding carboxylic acids is 2. The third-order valence-corrected chi connectivity index (χ3v) is 2.30. The lowest BCUT2D eigenvalue weighted by molar-refractivity contribution is -0.138. The molecule has 0 unspecified atom stereocenters. The number of rotatable bonds is 3. The van der Waals surface area contributed by atoms with Gasteiger partial charge in [0.1, 0.15) is 12.0 Å². The highest BCUT2D eigenvalue weighted by Gasteiger charge is 2.24. The number of fused-ring (bicyclic) bond motifs is 1. The van der Waals surface area contributed by atoms with E-state index in [9.17, 15) is 9.59 Å². The van der Waals surface area contributed by atoms with E-state index in [2.05, 4.69) is 0 Å². The van der Waals surface area contributed by atoms with Crippen LogP contribution in [0.5, 0.6) is 0 Å². The van der Waals surface area contributed by atoms with E-state index in [-0.39, 0.29) is 5.97 Å². The van der Waals surface area contributed by atoms with Crippen molar-refractivity contribution in [3.8, 4) is 0 Å². The van der Waals surface area contributed by atoms with Crippen molar-refractivity contribution in [2.24, 2.45) is 0 Å². The second-order valence-corrected chi connectivity index (χ2v) is 3.22. The van der Waals surface area contributed by atoms with Crippen LogP contribution in [0.4, 0.5) is 0 Å². The summed E-state index contributed by atoms with van der Waals surface area (Å²) in [4.78, 5) is 22.0. The molecule has 1 aliphatic carbocycles. The summed E-state index contributed by atoms with van der Waals surface area (Å²) in [5.74, 6) is 0.237. The normalized spacial score (nSPS) is 13.3. The third kappa shape index (κ3) is 1.58. The van der Waals surface area contributed by atoms with Gasteiger partial charge >= 0.3 is 5.97 Å². The zero-order valence-electron chi connectivity index (χ0n) is 8.28. The quantitative estimate of drug-likeness (QED) is 0.556. The van der Waals surface area contributed by atoms with E-state index in [1.807, 2.05) is 0 Å². The van der Waals surface area contributed by atoms with Crippen molar-refractivity contribution in [1.29, 1.82) is 0 Å². The molecule has 0 aliphatic heterocycles. The van der Waals surface area contributed by atoms with E-state index in [1.165, 1.54) is 6.26 Å². The summed E-state index contributed by atoms with van der Waals surface area (Å²) in [5, 5.41) is 0. The molecule has 0 saturated heterocycles. The molecule has 0 aromatic carbocycles. The summed E-state index contributed by atoms with van der Waals surface area (Å²) in [6.07, 6.45) is 4.17. The molecule has 4 heteroatoms. The summed E-state index contributed by atoms with van der Waals surface area (Å²) in [5.41, 5.74) is 1.81. The SMILES string of the molecule is CCOC(=O)C1=Cc2occ(C=O)c2C1. The number of hydrogen-bond acceptors (Lipinski definition) is 4. The second kappa shape index (κ2) is 3.73. The summed E-state index contributed by atoms with van der Waals surface area (Å²) < 4.78 is 10.0. The smallest absolute Gasteiger partial charge is 0.334 e. The molecule has 4 nitrogen and oxygen atoms in total. The summed E-state index contributed by atoms with van der Waals surface area (Å²) in [6.45, 7) is 2.10. The van der Waals surface area contributed by atoms with Gasteiger partial charge in [0.2, 0.25) is 0 Å². The molecule has 0 spiro atoms. The minimum absolute atomic E-state index is 0.345. The van der Waals surface area contributed by atoms with E-state index in [1.54, 1.807) is 13.0 Å². The van der Waals surface area contributed by atoms with Crippen molar-refractivity contribution in [3.63, 3.8) is 0 Å². The molecule has 0 fully saturated rings. The molecular weight excluding hydrogens is 196 g/mol. The molecule has 0 bridgehead atoms. The van der Waals surface area contributed by atoms with Crippen molar-refractivity contribution in [3.05, 3.63) is 28.7 Å². The first kappa shape index (κ1) is 9.71. The van der Waals surface area contributed by atoms with Crippen LogP contribution < -0.4 is 0 Å². The monoisotopic (exact) mass is 206 g/mol. The van der Waals surface area contributed by atoms with E-state index in [0.717, 1.165) is 11.8 Å². The minimum atomic E-state index is -0.347. The van der Waals surface area contributed by atoms with Gasteiger partial charge in [-0.05, 0) is 13.0 Å². The van der Waals surface area contributed by atoms with Gasteiger partial charge in [-0.2, -0.15) is 0 Å². The number of aldehydes is 1. The highest BCUT2D eigenvalue weighted by Crippen LogP contribution is 2.29. The number of esters is 1. The Morgan fingerprint density at radius 3 is 3.13 bits per heavy atom. The fraction of sp³-hybridized carbons (Fsp3) is 0.273. The van der Waals surface area contributed by atoms with Gasteiger partial charge in [0.25, 0.3) is 0 Å². The molecule has 0 saturated carbocycles. The Kier molecular flexibility index (Phi) is 2.41. The van der Waals surface area contributed by atoms with Crippen LogP contribution in [0.1, 0.15) is 28.6 Å². The molecule has 0 N–H and O–H groups in total. The van der Waals surface area contributed by atoms with Crippen molar-refractivity contribution in [1.82, 2.24) is 0 Å². The van der Waals surface area contributed by atoms with Gasteiger partial charge in [-0.25, -0.2) is 4.79 Å². The van der Waals surface area contributed by atoms with Gasteiger partial charge < -0.3 is 9.15 Å². The van der Waals surface area contributed by atoms with Crippen molar-refractivity contribution in [2.75, 3.05) is 6.61 Å². The van der Waals surface area contributed by atoms with Gasteiger partial charge in [-0.1, -0.05) is 0 Å². The van der Waals surface area contributed by atoms with Crippen LogP contribution >= 0.6 is 0 Å². The predicted molar refractivity (Wildman–Crippen MR) is 52.4 cm³/mol. The van der Waals surface area contributed by atoms with Gasteiger partial charge in [-0.15, -0.1) is 0 Å². The number of carbonyl (C=O) groups is 2. The fourth-order valence-corrected chi connectivity index (χ4v) is 1.58. The Morgan fingerprint density at radius 2 is 2.47 bits per heavy atom. The molecule has 1 aromatic heterocycles. The van der Waals surface area contributed by atoms with Crippen LogP contribution in [-0.2, 0) is 16.0 Å². The van der Waals surface area contributed by atoms with Crippen LogP contribution in [0.25, 0.3) is 6.08 Å². The Labute approximate surface area is 86.5 Å². The third-order valence-electron chi connectivity index (χ3n) is 2.30. The van der Waals surface area contributed by atoms with Crippen molar-refractivity contribution >= 4 is 18.3 Å². The van der Waals surface area contributed by atoms with Gasteiger partial charge in [-0.3, -0.25) is 4.79 Å². The van der Waals surface area contributed by atoms with Crippen molar-refractivity contribution in [2.45, 2.75) is 13.3 Å². The maximum atomic E-state index is 11.4. The Balaban J connectivity index is 2.22. The van der Waals surface area contributed by atoms with Crippen LogP contribution in [0, 0.1) is 0 Å². The number of furan rings is 1. The van der Waals surface area contributed by atoms with E-state index in [0.29, 0.717) is 29.9 Å². The molecule has 78 valence electrons. The molecule has 1 heterocycles. The predicted octanol–water partition coefficient (Wildman–Crippen LogP) is 1.59. The molecular formula is C11H10O4. The highest BCUT2D eigenvalue weighted by molar-refractivity contribution is 5.97. The van der Waals surface area contributed by atoms with Crippen LogP contribution in [-0.4, -0.2) is 18.9 Å². The van der Waals surface area contributed by atoms with Crippen LogP contribution in [0.2, 0.25) is 0 Å². The highest BCUT2D eigenvalue weighted by atomic mass is 16.5. The summed E-state index contributed by atoms with van der Waals surface area (Å²) in [7, 11) is 0. The topological polar surface area (TPSA) is 56.5 Å². The zero-order chi connectivity index (χ0) is 10.8. The van der Waals surface area contributed by atoms with Gasteiger partial charge in [0.15, 0.2) is 6.29 Å². The molecule has 0 amide bonds. The lowest BCUT2D eigenvalue weighted by Gasteiger charge is -2.00. The minimum Gasteiger partial charge on any atom is -0.464 e. The lowest BCUT2D eigenvalue weighted by Crippen LogP contribution is -2.07. The summed E-state index contributed by atoms with van der Waals surface area (Å²) in [6, 6.07) is 0. The fourth-order valence-electron chi connectivity index (χ4n) is 1.58. The van der Waals surface area contributed by atoms with E-state index in [4.69, 9.17) is 9.15 Å². The molecule has 2 rings (SSSR count). The molecule has 1 aliphatic rings. The van der Waals surface area contributed by atoms with Gasteiger partial charge in [0, 0.05) is 17.6 Å². The van der Waals surface area contributed by atoms with Crippen molar-refractivity contribution < 1.29 is 18.7 Å². The maximum absolute atomic E-state index is 11.4. The maximum Gasteiger partial charge on any atom is 0.334 e. The number of ether oxygens (including phenoxy) is 1. The van der Waals surface area contributed by atoms with Crippen LogP contribution in [0.15, 0.2) is 16.3 Å². The van der Waals surface area contributed by atoms with E-state index < -0.39 is 0 Å². The summed E-state index contributed by atoms with van der Waals surface area (Å²) >= 11 is 0. The Morgan fingerprint density at radius 1 is 1.67 bits per heavy atom. The molecule has 1 aromatic rings. The van der Waals surface area contributed by atoms with Gasteiger partial charge in [0.05, 0.1) is 12.2 Å². The molecule has 0 radical (unpaired) electrons.